The van der Waals surface area contributed by atoms with Gasteiger partial charge in [0, 0.05) is 19.6 Å². The van der Waals surface area contributed by atoms with E-state index in [-0.39, 0.29) is 17.9 Å². The van der Waals surface area contributed by atoms with Gasteiger partial charge in [-0.1, -0.05) is 6.07 Å². The first kappa shape index (κ1) is 17.4. The van der Waals surface area contributed by atoms with E-state index in [1.807, 2.05) is 34.4 Å². The van der Waals surface area contributed by atoms with Crippen LogP contribution in [0.15, 0.2) is 17.5 Å². The highest BCUT2D eigenvalue weighted by atomic mass is 32.1. The SMILES string of the molecule is CNCC1CCCN(C(=O)C2CCCCN2C(=O)c2cccs2)C1. The van der Waals surface area contributed by atoms with Crippen molar-refractivity contribution in [1.82, 2.24) is 15.1 Å². The standard InChI is InChI=1S/C18H27N3O2S/c1-19-12-14-6-4-9-20(13-14)17(22)15-7-2-3-10-21(15)18(23)16-8-5-11-24-16/h5,8,11,14-15,19H,2-4,6-7,9-10,12-13H2,1H3. The van der Waals surface area contributed by atoms with Crippen LogP contribution in [0.4, 0.5) is 0 Å². The van der Waals surface area contributed by atoms with Gasteiger partial charge in [0.1, 0.15) is 6.04 Å². The fourth-order valence-corrected chi connectivity index (χ4v) is 4.58. The van der Waals surface area contributed by atoms with E-state index in [9.17, 15) is 9.59 Å². The predicted octanol–water partition coefficient (Wildman–Crippen LogP) is 2.20. The first-order valence-corrected chi connectivity index (χ1v) is 9.86. The van der Waals surface area contributed by atoms with Crippen molar-refractivity contribution in [2.75, 3.05) is 33.2 Å². The summed E-state index contributed by atoms with van der Waals surface area (Å²) in [6, 6.07) is 3.47. The molecule has 2 amide bonds. The first-order chi connectivity index (χ1) is 11.7. The van der Waals surface area contributed by atoms with E-state index in [0.717, 1.165) is 50.2 Å². The van der Waals surface area contributed by atoms with Crippen molar-refractivity contribution < 1.29 is 9.59 Å². The molecular weight excluding hydrogens is 322 g/mol. The Hall–Kier alpha value is -1.40. The number of piperidine rings is 2. The van der Waals surface area contributed by atoms with E-state index in [2.05, 4.69) is 5.32 Å². The van der Waals surface area contributed by atoms with Crippen LogP contribution in [0.1, 0.15) is 41.8 Å². The Bertz CT molecular complexity index is 559. The molecule has 0 aromatic carbocycles. The molecule has 0 aliphatic carbocycles. The summed E-state index contributed by atoms with van der Waals surface area (Å²) >= 11 is 1.46. The minimum Gasteiger partial charge on any atom is -0.341 e. The van der Waals surface area contributed by atoms with Gasteiger partial charge >= 0.3 is 0 Å². The van der Waals surface area contributed by atoms with Crippen LogP contribution < -0.4 is 5.32 Å². The molecule has 3 heterocycles. The third kappa shape index (κ3) is 3.81. The lowest BCUT2D eigenvalue weighted by atomic mass is 9.95. The highest BCUT2D eigenvalue weighted by molar-refractivity contribution is 7.12. The van der Waals surface area contributed by atoms with E-state index < -0.39 is 0 Å². The molecule has 0 radical (unpaired) electrons. The molecule has 2 aliphatic rings. The molecule has 3 rings (SSSR count). The summed E-state index contributed by atoms with van der Waals surface area (Å²) in [4.78, 5) is 30.4. The maximum absolute atomic E-state index is 13.1. The van der Waals surface area contributed by atoms with Crippen molar-refractivity contribution in [1.29, 1.82) is 0 Å². The highest BCUT2D eigenvalue weighted by Crippen LogP contribution is 2.25. The third-order valence-electron chi connectivity index (χ3n) is 5.10. The highest BCUT2D eigenvalue weighted by Gasteiger charge is 2.36. The van der Waals surface area contributed by atoms with Crippen molar-refractivity contribution in [2.45, 2.75) is 38.1 Å². The average molecular weight is 350 g/mol. The van der Waals surface area contributed by atoms with Crippen LogP contribution in [-0.2, 0) is 4.79 Å². The molecule has 1 N–H and O–H groups in total. The summed E-state index contributed by atoms with van der Waals surface area (Å²) in [6.07, 6.45) is 5.04. The zero-order valence-electron chi connectivity index (χ0n) is 14.4. The summed E-state index contributed by atoms with van der Waals surface area (Å²) in [6.45, 7) is 3.29. The molecular formula is C18H27N3O2S. The van der Waals surface area contributed by atoms with Gasteiger partial charge in [0.15, 0.2) is 0 Å². The Balaban J connectivity index is 1.70. The second-order valence-electron chi connectivity index (χ2n) is 6.84. The summed E-state index contributed by atoms with van der Waals surface area (Å²) in [5.41, 5.74) is 0. The summed E-state index contributed by atoms with van der Waals surface area (Å²) < 4.78 is 0. The number of nitrogens with zero attached hydrogens (tertiary/aromatic N) is 2. The monoisotopic (exact) mass is 349 g/mol. The fourth-order valence-electron chi connectivity index (χ4n) is 3.90. The van der Waals surface area contributed by atoms with E-state index in [1.54, 1.807) is 0 Å². The Kier molecular flexibility index (Phi) is 5.89. The second kappa shape index (κ2) is 8.12. The molecule has 0 bridgehead atoms. The predicted molar refractivity (Wildman–Crippen MR) is 96.2 cm³/mol. The number of nitrogens with one attached hydrogen (secondary N) is 1. The minimum absolute atomic E-state index is 0.0202. The first-order valence-electron chi connectivity index (χ1n) is 8.98. The minimum atomic E-state index is -0.276. The van der Waals surface area contributed by atoms with Crippen molar-refractivity contribution >= 4 is 23.2 Å². The van der Waals surface area contributed by atoms with Gasteiger partial charge in [-0.2, -0.15) is 0 Å². The molecule has 1 aromatic heterocycles. The van der Waals surface area contributed by atoms with Crippen LogP contribution in [0.25, 0.3) is 0 Å². The quantitative estimate of drug-likeness (QED) is 0.907. The number of rotatable bonds is 4. The smallest absolute Gasteiger partial charge is 0.264 e. The van der Waals surface area contributed by atoms with Crippen molar-refractivity contribution in [3.8, 4) is 0 Å². The molecule has 2 saturated heterocycles. The Morgan fingerprint density at radius 3 is 2.88 bits per heavy atom. The van der Waals surface area contributed by atoms with Gasteiger partial charge in [0.25, 0.3) is 5.91 Å². The zero-order valence-corrected chi connectivity index (χ0v) is 15.2. The maximum Gasteiger partial charge on any atom is 0.264 e. The lowest BCUT2D eigenvalue weighted by Gasteiger charge is -2.40. The van der Waals surface area contributed by atoms with Crippen molar-refractivity contribution in [3.63, 3.8) is 0 Å². The molecule has 2 atom stereocenters. The third-order valence-corrected chi connectivity index (χ3v) is 5.96. The summed E-state index contributed by atoms with van der Waals surface area (Å²) in [7, 11) is 1.96. The van der Waals surface area contributed by atoms with E-state index in [4.69, 9.17) is 0 Å². The van der Waals surface area contributed by atoms with Crippen LogP contribution in [-0.4, -0.2) is 60.9 Å². The molecule has 2 unspecified atom stereocenters. The number of carbonyl (C=O) groups is 2. The van der Waals surface area contributed by atoms with Crippen LogP contribution in [0.3, 0.4) is 0 Å². The van der Waals surface area contributed by atoms with Crippen molar-refractivity contribution in [3.05, 3.63) is 22.4 Å². The lowest BCUT2D eigenvalue weighted by Crippen LogP contribution is -2.55. The van der Waals surface area contributed by atoms with Crippen molar-refractivity contribution in [2.24, 2.45) is 5.92 Å². The molecule has 6 heteroatoms. The number of carbonyl (C=O) groups excluding carboxylic acids is 2. The normalized spacial score (nSPS) is 24.9. The van der Waals surface area contributed by atoms with Gasteiger partial charge in [-0.15, -0.1) is 11.3 Å². The zero-order chi connectivity index (χ0) is 16.9. The average Bonchev–Trinajstić information content (AvgIpc) is 3.16. The summed E-state index contributed by atoms with van der Waals surface area (Å²) in [5, 5.41) is 5.14. The maximum atomic E-state index is 13.1. The van der Waals surface area contributed by atoms with E-state index in [0.29, 0.717) is 12.5 Å². The van der Waals surface area contributed by atoms with Crippen LogP contribution in [0, 0.1) is 5.92 Å². The van der Waals surface area contributed by atoms with Crippen LogP contribution in [0.5, 0.6) is 0 Å². The fraction of sp³-hybridized carbons (Fsp3) is 0.667. The molecule has 1 aromatic rings. The van der Waals surface area contributed by atoms with Crippen LogP contribution >= 0.6 is 11.3 Å². The van der Waals surface area contributed by atoms with Gasteiger partial charge in [0.2, 0.25) is 5.91 Å². The molecule has 2 fully saturated rings. The topological polar surface area (TPSA) is 52.7 Å². The molecule has 5 nitrogen and oxygen atoms in total. The number of amides is 2. The summed E-state index contributed by atoms with van der Waals surface area (Å²) in [5.74, 6) is 0.699. The van der Waals surface area contributed by atoms with E-state index in [1.165, 1.54) is 17.8 Å². The van der Waals surface area contributed by atoms with E-state index >= 15 is 0 Å². The molecule has 132 valence electrons. The van der Waals surface area contributed by atoms with Gasteiger partial charge in [-0.05, 0) is 63.1 Å². The lowest BCUT2D eigenvalue weighted by molar-refractivity contribution is -0.139. The van der Waals surface area contributed by atoms with Gasteiger partial charge < -0.3 is 15.1 Å². The van der Waals surface area contributed by atoms with Gasteiger partial charge in [-0.25, -0.2) is 0 Å². The Morgan fingerprint density at radius 1 is 1.25 bits per heavy atom. The largest absolute Gasteiger partial charge is 0.341 e. The molecule has 0 spiro atoms. The van der Waals surface area contributed by atoms with Crippen LogP contribution in [0.2, 0.25) is 0 Å². The molecule has 24 heavy (non-hydrogen) atoms. The molecule has 2 aliphatic heterocycles. The number of thiophene rings is 1. The number of likely N-dealkylation sites (tertiary alicyclic amines) is 2. The second-order valence-corrected chi connectivity index (χ2v) is 7.79. The Morgan fingerprint density at radius 2 is 2.12 bits per heavy atom. The number of hydrogen-bond acceptors (Lipinski definition) is 4. The van der Waals surface area contributed by atoms with Gasteiger partial charge in [0.05, 0.1) is 4.88 Å². The molecule has 0 saturated carbocycles. The number of hydrogen-bond donors (Lipinski definition) is 1. The Labute approximate surface area is 148 Å². The van der Waals surface area contributed by atoms with Gasteiger partial charge in [-0.3, -0.25) is 9.59 Å².